The molecule has 9 heteroatoms. The van der Waals surface area contributed by atoms with E-state index >= 15 is 0 Å². The van der Waals surface area contributed by atoms with Gasteiger partial charge in [-0.1, -0.05) is 6.07 Å². The van der Waals surface area contributed by atoms with E-state index < -0.39 is 16.1 Å². The predicted octanol–water partition coefficient (Wildman–Crippen LogP) is 0.510. The fourth-order valence-electron chi connectivity index (χ4n) is 1.72. The van der Waals surface area contributed by atoms with Crippen molar-refractivity contribution in [2.45, 2.75) is 11.0 Å². The van der Waals surface area contributed by atoms with Crippen molar-refractivity contribution in [2.24, 2.45) is 7.05 Å². The molecule has 0 aliphatic heterocycles. The van der Waals surface area contributed by atoms with Gasteiger partial charge in [0.15, 0.2) is 0 Å². The smallest absolute Gasteiger partial charge is 0.243 e. The molecule has 0 aromatic carbocycles. The Kier molecular flexibility index (Phi) is 5.48. The van der Waals surface area contributed by atoms with Crippen molar-refractivity contribution in [3.05, 3.63) is 34.8 Å². The van der Waals surface area contributed by atoms with Crippen LogP contribution in [0.3, 0.4) is 0 Å². The summed E-state index contributed by atoms with van der Waals surface area (Å²) in [6.45, 7) is 0.131. The van der Waals surface area contributed by atoms with Gasteiger partial charge in [0.1, 0.15) is 11.0 Å². The number of hydrogen-bond donors (Lipinski definition) is 2. The molecule has 2 heterocycles. The summed E-state index contributed by atoms with van der Waals surface area (Å²) in [7, 11) is -1.97. The number of sulfonamides is 1. The minimum absolute atomic E-state index is 0.0950. The molecule has 0 amide bonds. The molecule has 0 saturated heterocycles. The van der Waals surface area contributed by atoms with Crippen molar-refractivity contribution in [3.8, 4) is 0 Å². The summed E-state index contributed by atoms with van der Waals surface area (Å²) < 4.78 is 33.7. The maximum Gasteiger partial charge on any atom is 0.243 e. The van der Waals surface area contributed by atoms with Crippen LogP contribution in [0.15, 0.2) is 34.8 Å². The highest BCUT2D eigenvalue weighted by molar-refractivity contribution is 7.89. The van der Waals surface area contributed by atoms with Crippen LogP contribution in [0, 0.1) is 0 Å². The van der Waals surface area contributed by atoms with Crippen molar-refractivity contribution < 1.29 is 18.3 Å². The lowest BCUT2D eigenvalue weighted by atomic mass is 10.3. The van der Waals surface area contributed by atoms with E-state index in [0.717, 1.165) is 4.88 Å². The van der Waals surface area contributed by atoms with Crippen molar-refractivity contribution in [3.63, 3.8) is 0 Å². The molecule has 0 aliphatic carbocycles. The Hall–Kier alpha value is -1.26. The van der Waals surface area contributed by atoms with Gasteiger partial charge in [-0.05, 0) is 11.4 Å². The minimum atomic E-state index is -3.62. The Morgan fingerprint density at radius 2 is 2.38 bits per heavy atom. The standard InChI is InChI=1S/C12H17N3O4S2/c1-15-9-10(7-13-15)21(17,18)14-8-11(19-5-4-16)12-3-2-6-20-12/h2-3,6-7,9,11,14,16H,4-5,8H2,1H3/t11-/m1/s1. The molecule has 21 heavy (non-hydrogen) atoms. The van der Waals surface area contributed by atoms with E-state index in [1.807, 2.05) is 17.5 Å². The Morgan fingerprint density at radius 1 is 1.57 bits per heavy atom. The van der Waals surface area contributed by atoms with Gasteiger partial charge in [-0.3, -0.25) is 4.68 Å². The van der Waals surface area contributed by atoms with Crippen LogP contribution in [0.25, 0.3) is 0 Å². The van der Waals surface area contributed by atoms with Crippen molar-refractivity contribution in [2.75, 3.05) is 19.8 Å². The van der Waals surface area contributed by atoms with Crippen LogP contribution in [-0.4, -0.2) is 43.1 Å². The number of aryl methyl sites for hydroxylation is 1. The number of rotatable bonds is 8. The molecular weight excluding hydrogens is 314 g/mol. The van der Waals surface area contributed by atoms with Crippen LogP contribution in [0.4, 0.5) is 0 Å². The van der Waals surface area contributed by atoms with E-state index in [-0.39, 0.29) is 24.7 Å². The van der Waals surface area contributed by atoms with E-state index in [0.29, 0.717) is 0 Å². The first-order valence-corrected chi connectivity index (χ1v) is 8.63. The number of nitrogens with zero attached hydrogens (tertiary/aromatic N) is 2. The molecule has 0 unspecified atom stereocenters. The van der Waals surface area contributed by atoms with E-state index in [4.69, 9.17) is 9.84 Å². The highest BCUT2D eigenvalue weighted by Gasteiger charge is 2.20. The first-order chi connectivity index (χ1) is 10.0. The summed E-state index contributed by atoms with van der Waals surface area (Å²) in [6, 6.07) is 3.73. The molecule has 2 aromatic rings. The SMILES string of the molecule is Cn1cc(S(=O)(=O)NC[C@@H](OCCO)c2cccs2)cn1. The van der Waals surface area contributed by atoms with Gasteiger partial charge in [-0.2, -0.15) is 5.10 Å². The maximum atomic E-state index is 12.1. The zero-order chi connectivity index (χ0) is 15.3. The second-order valence-corrected chi connectivity index (χ2v) is 7.05. The largest absolute Gasteiger partial charge is 0.394 e. The highest BCUT2D eigenvalue weighted by Crippen LogP contribution is 2.22. The molecule has 0 aliphatic rings. The van der Waals surface area contributed by atoms with E-state index in [1.165, 1.54) is 28.4 Å². The molecule has 7 nitrogen and oxygen atoms in total. The Labute approximate surface area is 127 Å². The quantitative estimate of drug-likeness (QED) is 0.735. The number of aliphatic hydroxyl groups excluding tert-OH is 1. The molecule has 0 radical (unpaired) electrons. The molecule has 2 aromatic heterocycles. The van der Waals surface area contributed by atoms with Crippen LogP contribution < -0.4 is 4.72 Å². The third-order valence-electron chi connectivity index (χ3n) is 2.72. The summed E-state index contributed by atoms with van der Waals surface area (Å²) in [6.07, 6.45) is 2.29. The monoisotopic (exact) mass is 331 g/mol. The van der Waals surface area contributed by atoms with Gasteiger partial charge < -0.3 is 9.84 Å². The molecule has 0 fully saturated rings. The van der Waals surface area contributed by atoms with Gasteiger partial charge in [-0.15, -0.1) is 11.3 Å². The summed E-state index contributed by atoms with van der Waals surface area (Å²) in [5, 5.41) is 14.6. The van der Waals surface area contributed by atoms with Crippen LogP contribution in [0.2, 0.25) is 0 Å². The van der Waals surface area contributed by atoms with Crippen LogP contribution in [0.1, 0.15) is 11.0 Å². The third kappa shape index (κ3) is 4.35. The van der Waals surface area contributed by atoms with Gasteiger partial charge in [0, 0.05) is 24.7 Å². The first kappa shape index (κ1) is 16.1. The van der Waals surface area contributed by atoms with E-state index in [1.54, 1.807) is 7.05 Å². The molecule has 2 rings (SSSR count). The fraction of sp³-hybridized carbons (Fsp3) is 0.417. The summed E-state index contributed by atoms with van der Waals surface area (Å²) in [5.41, 5.74) is 0. The topological polar surface area (TPSA) is 93.5 Å². The first-order valence-electron chi connectivity index (χ1n) is 6.27. The second kappa shape index (κ2) is 7.14. The average molecular weight is 331 g/mol. The van der Waals surface area contributed by atoms with Crippen molar-refractivity contribution >= 4 is 21.4 Å². The van der Waals surface area contributed by atoms with E-state index in [2.05, 4.69) is 9.82 Å². The van der Waals surface area contributed by atoms with Crippen LogP contribution in [0.5, 0.6) is 0 Å². The number of hydrogen-bond acceptors (Lipinski definition) is 6. The molecule has 2 N–H and O–H groups in total. The second-order valence-electron chi connectivity index (χ2n) is 4.30. The Balaban J connectivity index is 2.04. The van der Waals surface area contributed by atoms with Gasteiger partial charge in [-0.25, -0.2) is 13.1 Å². The zero-order valence-corrected chi connectivity index (χ0v) is 13.1. The maximum absolute atomic E-state index is 12.1. The van der Waals surface area contributed by atoms with Crippen LogP contribution >= 0.6 is 11.3 Å². The Bertz CT molecular complexity index is 652. The summed E-state index contributed by atoms with van der Waals surface area (Å²) >= 11 is 1.47. The molecule has 0 bridgehead atoms. The van der Waals surface area contributed by atoms with Gasteiger partial charge in [0.2, 0.25) is 10.0 Å². The van der Waals surface area contributed by atoms with Crippen molar-refractivity contribution in [1.82, 2.24) is 14.5 Å². The lowest BCUT2D eigenvalue weighted by Gasteiger charge is -2.16. The molecule has 1 atom stereocenters. The third-order valence-corrected chi connectivity index (χ3v) is 5.06. The van der Waals surface area contributed by atoms with Gasteiger partial charge in [0.25, 0.3) is 0 Å². The van der Waals surface area contributed by atoms with Crippen molar-refractivity contribution in [1.29, 1.82) is 0 Å². The normalized spacial score (nSPS) is 13.4. The number of aromatic nitrogens is 2. The molecule has 116 valence electrons. The summed E-state index contributed by atoms with van der Waals surface area (Å²) in [4.78, 5) is 1.01. The lowest BCUT2D eigenvalue weighted by molar-refractivity contribution is 0.0328. The average Bonchev–Trinajstić information content (AvgIpc) is 3.10. The predicted molar refractivity (Wildman–Crippen MR) is 78.5 cm³/mol. The van der Waals surface area contributed by atoms with E-state index in [9.17, 15) is 8.42 Å². The Morgan fingerprint density at radius 3 is 2.95 bits per heavy atom. The minimum Gasteiger partial charge on any atom is -0.394 e. The molecule has 0 spiro atoms. The number of aliphatic hydroxyl groups is 1. The molecule has 0 saturated carbocycles. The fourth-order valence-corrected chi connectivity index (χ4v) is 3.51. The molecular formula is C12H17N3O4S2. The van der Waals surface area contributed by atoms with Gasteiger partial charge >= 0.3 is 0 Å². The summed E-state index contributed by atoms with van der Waals surface area (Å²) in [5.74, 6) is 0. The van der Waals surface area contributed by atoms with Crippen LogP contribution in [-0.2, 0) is 21.8 Å². The zero-order valence-electron chi connectivity index (χ0n) is 11.5. The lowest BCUT2D eigenvalue weighted by Crippen LogP contribution is -2.29. The highest BCUT2D eigenvalue weighted by atomic mass is 32.2. The number of nitrogens with one attached hydrogen (secondary N) is 1. The van der Waals surface area contributed by atoms with Gasteiger partial charge in [0.05, 0.1) is 19.4 Å². The number of ether oxygens (including phenoxy) is 1. The number of thiophene rings is 1.